The van der Waals surface area contributed by atoms with Gasteiger partial charge in [0.25, 0.3) is 0 Å². The highest BCUT2D eigenvalue weighted by molar-refractivity contribution is 5.26. The smallest absolute Gasteiger partial charge is 0.112 e. The molecule has 1 atom stereocenters. The third-order valence-corrected chi connectivity index (χ3v) is 4.59. The van der Waals surface area contributed by atoms with Crippen LogP contribution in [0.4, 0.5) is 0 Å². The van der Waals surface area contributed by atoms with Gasteiger partial charge in [-0.15, -0.1) is 0 Å². The van der Waals surface area contributed by atoms with E-state index in [4.69, 9.17) is 10.7 Å². The van der Waals surface area contributed by atoms with Crippen molar-refractivity contribution >= 4 is 0 Å². The number of hydrogen-bond acceptors (Lipinski definition) is 3. The van der Waals surface area contributed by atoms with Crippen LogP contribution in [0.25, 0.3) is 0 Å². The molecular formula is C14H24N4. The summed E-state index contributed by atoms with van der Waals surface area (Å²) in [5, 5.41) is 0. The molecule has 1 aliphatic carbocycles. The van der Waals surface area contributed by atoms with Crippen molar-refractivity contribution in [3.05, 3.63) is 17.2 Å². The molecule has 0 aromatic carbocycles. The van der Waals surface area contributed by atoms with Gasteiger partial charge in [-0.2, -0.15) is 0 Å². The molecule has 1 aromatic rings. The van der Waals surface area contributed by atoms with Gasteiger partial charge in [0.1, 0.15) is 5.82 Å². The summed E-state index contributed by atoms with van der Waals surface area (Å²) in [4.78, 5) is 7.29. The summed E-state index contributed by atoms with van der Waals surface area (Å²) >= 11 is 0. The van der Waals surface area contributed by atoms with Crippen molar-refractivity contribution in [2.75, 3.05) is 20.1 Å². The van der Waals surface area contributed by atoms with Gasteiger partial charge in [-0.05, 0) is 19.9 Å². The molecule has 0 spiro atoms. The fourth-order valence-electron chi connectivity index (χ4n) is 3.73. The van der Waals surface area contributed by atoms with Crippen LogP contribution in [0.5, 0.6) is 0 Å². The Morgan fingerprint density at radius 3 is 2.67 bits per heavy atom. The second kappa shape index (κ2) is 4.67. The maximum Gasteiger partial charge on any atom is 0.112 e. The Hall–Kier alpha value is -0.870. The maximum absolute atomic E-state index is 5.94. The molecule has 1 fully saturated rings. The lowest BCUT2D eigenvalue weighted by Gasteiger charge is -2.29. The second-order valence-electron chi connectivity index (χ2n) is 5.97. The molecular weight excluding hydrogens is 224 g/mol. The third-order valence-electron chi connectivity index (χ3n) is 4.59. The molecule has 0 bridgehead atoms. The van der Waals surface area contributed by atoms with Crippen molar-refractivity contribution in [3.63, 3.8) is 0 Å². The van der Waals surface area contributed by atoms with E-state index in [-0.39, 0.29) is 0 Å². The zero-order valence-corrected chi connectivity index (χ0v) is 11.5. The average molecular weight is 248 g/mol. The maximum atomic E-state index is 5.94. The molecule has 0 saturated heterocycles. The van der Waals surface area contributed by atoms with Gasteiger partial charge < -0.3 is 10.3 Å². The lowest BCUT2D eigenvalue weighted by Crippen LogP contribution is -2.34. The Kier molecular flexibility index (Phi) is 3.16. The Labute approximate surface area is 109 Å². The minimum atomic E-state index is 0.450. The largest absolute Gasteiger partial charge is 0.334 e. The first-order chi connectivity index (χ1) is 8.70. The number of likely N-dealkylation sites (N-methyl/N-ethyl adjacent to an activating group) is 1. The van der Waals surface area contributed by atoms with Crippen LogP contribution >= 0.6 is 0 Å². The van der Waals surface area contributed by atoms with Gasteiger partial charge in [-0.3, -0.25) is 4.90 Å². The van der Waals surface area contributed by atoms with Crippen molar-refractivity contribution in [2.24, 2.45) is 12.8 Å². The number of rotatable bonds is 2. The van der Waals surface area contributed by atoms with Crippen molar-refractivity contribution in [1.29, 1.82) is 0 Å². The molecule has 4 heteroatoms. The lowest BCUT2D eigenvalue weighted by atomic mass is 9.99. The number of nitrogens with zero attached hydrogens (tertiary/aromatic N) is 3. The topological polar surface area (TPSA) is 47.1 Å². The lowest BCUT2D eigenvalue weighted by molar-refractivity contribution is 0.274. The van der Waals surface area contributed by atoms with E-state index in [2.05, 4.69) is 23.6 Å². The molecule has 2 aliphatic rings. The zero-order valence-electron chi connectivity index (χ0n) is 11.5. The second-order valence-corrected chi connectivity index (χ2v) is 5.97. The molecule has 100 valence electrons. The van der Waals surface area contributed by atoms with Crippen LogP contribution in [0.15, 0.2) is 0 Å². The molecule has 1 aliphatic heterocycles. The molecule has 0 amide bonds. The molecule has 2 heterocycles. The van der Waals surface area contributed by atoms with Crippen LogP contribution in [-0.2, 0) is 13.6 Å². The van der Waals surface area contributed by atoms with Gasteiger partial charge in [0, 0.05) is 44.2 Å². The minimum Gasteiger partial charge on any atom is -0.334 e. The number of nitrogens with two attached hydrogens (primary N) is 1. The van der Waals surface area contributed by atoms with Crippen LogP contribution in [-0.4, -0.2) is 34.6 Å². The molecule has 4 nitrogen and oxygen atoms in total. The van der Waals surface area contributed by atoms with E-state index in [0.717, 1.165) is 19.6 Å². The molecule has 18 heavy (non-hydrogen) atoms. The first-order valence-electron chi connectivity index (χ1n) is 7.14. The molecule has 0 radical (unpaired) electrons. The van der Waals surface area contributed by atoms with Crippen molar-refractivity contribution in [3.8, 4) is 0 Å². The first kappa shape index (κ1) is 12.2. The van der Waals surface area contributed by atoms with Gasteiger partial charge >= 0.3 is 0 Å². The molecule has 3 rings (SSSR count). The summed E-state index contributed by atoms with van der Waals surface area (Å²) in [5.41, 5.74) is 8.61. The Balaban J connectivity index is 1.99. The van der Waals surface area contributed by atoms with Gasteiger partial charge in [0.05, 0.1) is 5.69 Å². The number of fused-ring (bicyclic) bond motifs is 1. The molecule has 1 unspecified atom stereocenters. The van der Waals surface area contributed by atoms with E-state index in [1.165, 1.54) is 42.9 Å². The van der Waals surface area contributed by atoms with E-state index in [9.17, 15) is 0 Å². The third kappa shape index (κ3) is 1.88. The van der Waals surface area contributed by atoms with E-state index < -0.39 is 0 Å². The summed E-state index contributed by atoms with van der Waals surface area (Å²) in [6.45, 7) is 2.76. The summed E-state index contributed by atoms with van der Waals surface area (Å²) in [5.74, 6) is 2.45. The van der Waals surface area contributed by atoms with Crippen molar-refractivity contribution in [2.45, 2.75) is 44.1 Å². The minimum absolute atomic E-state index is 0.450. The highest BCUT2D eigenvalue weighted by atomic mass is 15.2. The summed E-state index contributed by atoms with van der Waals surface area (Å²) in [6.07, 6.45) is 5.35. The highest BCUT2D eigenvalue weighted by Crippen LogP contribution is 2.36. The quantitative estimate of drug-likeness (QED) is 0.864. The predicted molar refractivity (Wildman–Crippen MR) is 72.5 cm³/mol. The summed E-state index contributed by atoms with van der Waals surface area (Å²) in [6, 6.07) is 0. The fourth-order valence-corrected chi connectivity index (χ4v) is 3.73. The Morgan fingerprint density at radius 2 is 2.00 bits per heavy atom. The van der Waals surface area contributed by atoms with E-state index in [0.29, 0.717) is 11.8 Å². The summed E-state index contributed by atoms with van der Waals surface area (Å²) in [7, 11) is 4.35. The highest BCUT2D eigenvalue weighted by Gasteiger charge is 2.31. The van der Waals surface area contributed by atoms with Crippen LogP contribution in [0, 0.1) is 0 Å². The predicted octanol–water partition coefficient (Wildman–Crippen LogP) is 1.57. The average Bonchev–Trinajstić information content (AvgIpc) is 2.96. The van der Waals surface area contributed by atoms with Crippen LogP contribution in [0.3, 0.4) is 0 Å². The standard InChI is InChI=1S/C14H24N4/c1-17-8-11(7-15)13-12(9-17)16-14(18(13)2)10-5-3-4-6-10/h10-11H,3-9,15H2,1-2H3. The van der Waals surface area contributed by atoms with Crippen molar-refractivity contribution < 1.29 is 0 Å². The van der Waals surface area contributed by atoms with Crippen LogP contribution in [0.2, 0.25) is 0 Å². The first-order valence-corrected chi connectivity index (χ1v) is 7.14. The Bertz CT molecular complexity index is 431. The molecule has 2 N–H and O–H groups in total. The van der Waals surface area contributed by atoms with E-state index >= 15 is 0 Å². The zero-order chi connectivity index (χ0) is 12.7. The van der Waals surface area contributed by atoms with Gasteiger partial charge in [0.2, 0.25) is 0 Å². The van der Waals surface area contributed by atoms with Crippen molar-refractivity contribution in [1.82, 2.24) is 14.5 Å². The van der Waals surface area contributed by atoms with Gasteiger partial charge in [-0.25, -0.2) is 4.98 Å². The number of aromatic nitrogens is 2. The molecule has 1 aromatic heterocycles. The van der Waals surface area contributed by atoms with Crippen LogP contribution in [0.1, 0.15) is 54.7 Å². The normalized spacial score (nSPS) is 25.6. The monoisotopic (exact) mass is 248 g/mol. The van der Waals surface area contributed by atoms with Gasteiger partial charge in [0.15, 0.2) is 0 Å². The Morgan fingerprint density at radius 1 is 1.28 bits per heavy atom. The van der Waals surface area contributed by atoms with Gasteiger partial charge in [-0.1, -0.05) is 12.8 Å². The fraction of sp³-hybridized carbons (Fsp3) is 0.786. The van der Waals surface area contributed by atoms with Crippen LogP contribution < -0.4 is 5.73 Å². The number of imidazole rings is 1. The van der Waals surface area contributed by atoms with E-state index in [1.54, 1.807) is 0 Å². The SMILES string of the molecule is CN1Cc2nc(C3CCCC3)n(C)c2C(CN)C1. The van der Waals surface area contributed by atoms with E-state index in [1.807, 2.05) is 0 Å². The number of hydrogen-bond donors (Lipinski definition) is 1. The molecule has 1 saturated carbocycles. The summed E-state index contributed by atoms with van der Waals surface area (Å²) < 4.78 is 2.36.